The number of hydrogen-bond acceptors (Lipinski definition) is 3. The molecule has 1 aliphatic heterocycles. The zero-order chi connectivity index (χ0) is 19.1. The summed E-state index contributed by atoms with van der Waals surface area (Å²) in [5, 5.41) is 3.01. The van der Waals surface area contributed by atoms with Crippen molar-refractivity contribution >= 4 is 11.8 Å². The Bertz CT molecular complexity index is 751. The van der Waals surface area contributed by atoms with Crippen molar-refractivity contribution < 1.29 is 14.3 Å². The van der Waals surface area contributed by atoms with Crippen molar-refractivity contribution in [2.24, 2.45) is 5.92 Å². The summed E-state index contributed by atoms with van der Waals surface area (Å²) in [6, 6.07) is 16.9. The van der Waals surface area contributed by atoms with Gasteiger partial charge in [0, 0.05) is 25.2 Å². The van der Waals surface area contributed by atoms with Gasteiger partial charge < -0.3 is 15.0 Å². The lowest BCUT2D eigenvalue weighted by Crippen LogP contribution is -2.43. The van der Waals surface area contributed by atoms with Crippen LogP contribution in [0.25, 0.3) is 0 Å². The van der Waals surface area contributed by atoms with Gasteiger partial charge >= 0.3 is 0 Å². The zero-order valence-corrected chi connectivity index (χ0v) is 15.7. The number of benzene rings is 2. The lowest BCUT2D eigenvalue weighted by Gasteiger charge is -2.32. The quantitative estimate of drug-likeness (QED) is 0.855. The van der Waals surface area contributed by atoms with Gasteiger partial charge in [0.15, 0.2) is 6.61 Å². The molecule has 5 nitrogen and oxygen atoms in total. The highest BCUT2D eigenvalue weighted by atomic mass is 16.5. The van der Waals surface area contributed by atoms with Crippen molar-refractivity contribution in [2.45, 2.75) is 19.8 Å². The molecule has 0 atom stereocenters. The Hall–Kier alpha value is -2.82. The maximum Gasteiger partial charge on any atom is 0.260 e. The second-order valence-corrected chi connectivity index (χ2v) is 7.00. The fraction of sp³-hybridized carbons (Fsp3) is 0.364. The average molecular weight is 366 g/mol. The zero-order valence-electron chi connectivity index (χ0n) is 15.7. The Balaban J connectivity index is 1.37. The molecule has 3 rings (SSSR count). The van der Waals surface area contributed by atoms with E-state index in [-0.39, 0.29) is 18.4 Å². The molecule has 0 aromatic heterocycles. The van der Waals surface area contributed by atoms with E-state index >= 15 is 0 Å². The highest BCUT2D eigenvalue weighted by molar-refractivity contribution is 5.94. The third-order valence-corrected chi connectivity index (χ3v) is 4.94. The molecule has 1 heterocycles. The number of para-hydroxylation sites is 1. The van der Waals surface area contributed by atoms with Crippen LogP contribution in [0, 0.1) is 12.8 Å². The summed E-state index contributed by atoms with van der Waals surface area (Å²) < 4.78 is 5.54. The smallest absolute Gasteiger partial charge is 0.260 e. The molecule has 1 fully saturated rings. The summed E-state index contributed by atoms with van der Waals surface area (Å²) in [5.74, 6) is 1.09. The van der Waals surface area contributed by atoms with E-state index in [1.807, 2.05) is 66.4 Å². The molecule has 5 heteroatoms. The number of ether oxygens (including phenoxy) is 1. The summed E-state index contributed by atoms with van der Waals surface area (Å²) in [5.41, 5.74) is 1.83. The molecular formula is C22H26N2O3. The molecule has 0 saturated carbocycles. The molecule has 0 bridgehead atoms. The van der Waals surface area contributed by atoms with Gasteiger partial charge in [-0.15, -0.1) is 0 Å². The van der Waals surface area contributed by atoms with Crippen LogP contribution in [0.5, 0.6) is 5.75 Å². The van der Waals surface area contributed by atoms with Gasteiger partial charge in [-0.05, 0) is 49.9 Å². The van der Waals surface area contributed by atoms with Gasteiger partial charge in [-0.3, -0.25) is 9.59 Å². The molecule has 1 N–H and O–H groups in total. The Morgan fingerprint density at radius 3 is 2.37 bits per heavy atom. The van der Waals surface area contributed by atoms with E-state index in [1.54, 1.807) is 0 Å². The number of aryl methyl sites for hydroxylation is 1. The van der Waals surface area contributed by atoms with Crippen molar-refractivity contribution in [3.8, 4) is 5.75 Å². The van der Waals surface area contributed by atoms with Gasteiger partial charge in [-0.2, -0.15) is 0 Å². The van der Waals surface area contributed by atoms with Gasteiger partial charge in [0.25, 0.3) is 11.8 Å². The number of nitrogens with one attached hydrogen (secondary N) is 1. The minimum absolute atomic E-state index is 0.0148. The van der Waals surface area contributed by atoms with Crippen LogP contribution < -0.4 is 10.1 Å². The van der Waals surface area contributed by atoms with Crippen LogP contribution in [-0.2, 0) is 4.79 Å². The molecule has 1 aliphatic rings. The van der Waals surface area contributed by atoms with Crippen LogP contribution >= 0.6 is 0 Å². The maximum atomic E-state index is 12.3. The Labute approximate surface area is 160 Å². The lowest BCUT2D eigenvalue weighted by molar-refractivity contribution is -0.134. The highest BCUT2D eigenvalue weighted by Gasteiger charge is 2.23. The first-order valence-electron chi connectivity index (χ1n) is 9.42. The third-order valence-electron chi connectivity index (χ3n) is 4.94. The van der Waals surface area contributed by atoms with Gasteiger partial charge in [0.1, 0.15) is 5.75 Å². The van der Waals surface area contributed by atoms with E-state index in [4.69, 9.17) is 4.74 Å². The summed E-state index contributed by atoms with van der Waals surface area (Å²) in [6.45, 7) is 4.14. The molecule has 2 aromatic carbocycles. The summed E-state index contributed by atoms with van der Waals surface area (Å²) >= 11 is 0. The van der Waals surface area contributed by atoms with Crippen molar-refractivity contribution in [1.82, 2.24) is 10.2 Å². The summed E-state index contributed by atoms with van der Waals surface area (Å²) in [7, 11) is 0. The first kappa shape index (κ1) is 19.0. The molecule has 2 amide bonds. The van der Waals surface area contributed by atoms with Crippen LogP contribution in [0.2, 0.25) is 0 Å². The monoisotopic (exact) mass is 366 g/mol. The van der Waals surface area contributed by atoms with Crippen LogP contribution in [0.15, 0.2) is 54.6 Å². The predicted molar refractivity (Wildman–Crippen MR) is 105 cm³/mol. The van der Waals surface area contributed by atoms with Gasteiger partial charge in [0.2, 0.25) is 0 Å². The SMILES string of the molecule is Cc1ccc(C(=O)NCC2CCN(C(=O)COc3ccccc3)CC2)cc1. The molecule has 0 aliphatic carbocycles. The molecule has 0 spiro atoms. The van der Waals surface area contributed by atoms with Gasteiger partial charge in [-0.25, -0.2) is 0 Å². The summed E-state index contributed by atoms with van der Waals surface area (Å²) in [4.78, 5) is 26.3. The molecule has 142 valence electrons. The van der Waals surface area contributed by atoms with Crippen molar-refractivity contribution in [3.05, 3.63) is 65.7 Å². The molecule has 27 heavy (non-hydrogen) atoms. The van der Waals surface area contributed by atoms with E-state index in [0.29, 0.717) is 36.9 Å². The van der Waals surface area contributed by atoms with Crippen LogP contribution in [0.4, 0.5) is 0 Å². The van der Waals surface area contributed by atoms with E-state index in [0.717, 1.165) is 18.4 Å². The minimum Gasteiger partial charge on any atom is -0.484 e. The second kappa shape index (κ2) is 9.21. The number of amides is 2. The van der Waals surface area contributed by atoms with Crippen LogP contribution in [0.3, 0.4) is 0 Å². The largest absolute Gasteiger partial charge is 0.484 e. The Morgan fingerprint density at radius 1 is 1.04 bits per heavy atom. The topological polar surface area (TPSA) is 58.6 Å². The lowest BCUT2D eigenvalue weighted by atomic mass is 9.96. The standard InChI is InChI=1S/C22H26N2O3/c1-17-7-9-19(10-8-17)22(26)23-15-18-11-13-24(14-12-18)21(25)16-27-20-5-3-2-4-6-20/h2-10,18H,11-16H2,1H3,(H,23,26). The minimum atomic E-state index is -0.0373. The second-order valence-electron chi connectivity index (χ2n) is 7.00. The number of carbonyl (C=O) groups is 2. The molecule has 0 radical (unpaired) electrons. The number of hydrogen-bond donors (Lipinski definition) is 1. The van der Waals surface area contributed by atoms with E-state index < -0.39 is 0 Å². The number of carbonyl (C=O) groups excluding carboxylic acids is 2. The predicted octanol–water partition coefficient (Wildman–Crippen LogP) is 3.04. The first-order chi connectivity index (χ1) is 13.1. The molecule has 0 unspecified atom stereocenters. The van der Waals surface area contributed by atoms with Crippen molar-refractivity contribution in [3.63, 3.8) is 0 Å². The van der Waals surface area contributed by atoms with Crippen molar-refractivity contribution in [1.29, 1.82) is 0 Å². The summed E-state index contributed by atoms with van der Waals surface area (Å²) in [6.07, 6.45) is 1.79. The number of nitrogens with zero attached hydrogens (tertiary/aromatic N) is 1. The van der Waals surface area contributed by atoms with E-state index in [9.17, 15) is 9.59 Å². The van der Waals surface area contributed by atoms with Gasteiger partial charge in [-0.1, -0.05) is 35.9 Å². The van der Waals surface area contributed by atoms with Crippen molar-refractivity contribution in [2.75, 3.05) is 26.2 Å². The fourth-order valence-corrected chi connectivity index (χ4v) is 3.18. The Morgan fingerprint density at radius 2 is 1.70 bits per heavy atom. The maximum absolute atomic E-state index is 12.3. The average Bonchev–Trinajstić information content (AvgIpc) is 2.72. The van der Waals surface area contributed by atoms with Crippen LogP contribution in [0.1, 0.15) is 28.8 Å². The van der Waals surface area contributed by atoms with Gasteiger partial charge in [0.05, 0.1) is 0 Å². The normalized spacial score (nSPS) is 14.6. The number of rotatable bonds is 6. The van der Waals surface area contributed by atoms with E-state index in [2.05, 4.69) is 5.32 Å². The van der Waals surface area contributed by atoms with Crippen LogP contribution in [-0.4, -0.2) is 43.0 Å². The first-order valence-corrected chi connectivity index (χ1v) is 9.42. The number of piperidine rings is 1. The number of likely N-dealkylation sites (tertiary alicyclic amines) is 1. The van der Waals surface area contributed by atoms with E-state index in [1.165, 1.54) is 0 Å². The highest BCUT2D eigenvalue weighted by Crippen LogP contribution is 2.17. The third kappa shape index (κ3) is 5.58. The Kier molecular flexibility index (Phi) is 6.47. The molecule has 1 saturated heterocycles. The molecular weight excluding hydrogens is 340 g/mol. The fourth-order valence-electron chi connectivity index (χ4n) is 3.18. The molecule has 2 aromatic rings.